The van der Waals surface area contributed by atoms with Crippen molar-refractivity contribution in [3.05, 3.63) is 71.8 Å². The van der Waals surface area contributed by atoms with Gasteiger partial charge >= 0.3 is 0 Å². The van der Waals surface area contributed by atoms with Gasteiger partial charge in [0.05, 0.1) is 19.8 Å². The van der Waals surface area contributed by atoms with Gasteiger partial charge in [0, 0.05) is 16.9 Å². The summed E-state index contributed by atoms with van der Waals surface area (Å²) in [7, 11) is 3.20. The standard InChI is InChI=1S/C24H22N2O5/c1-28-17-9-7-16(8-10-17)26-23(25-19-6-4-3-5-18(19)24(26)27)15-13-20(29-2)22-21(14-15)30-11-12-31-22/h3-10,13-14,23,25H,11-12H2,1-2H3/t23-/m1/s1. The van der Waals surface area contributed by atoms with Crippen LogP contribution >= 0.6 is 0 Å². The first-order chi connectivity index (χ1) is 15.2. The molecule has 31 heavy (non-hydrogen) atoms. The minimum atomic E-state index is -0.472. The first-order valence-electron chi connectivity index (χ1n) is 10.0. The van der Waals surface area contributed by atoms with E-state index >= 15 is 0 Å². The van der Waals surface area contributed by atoms with Crippen LogP contribution in [0.1, 0.15) is 22.1 Å². The summed E-state index contributed by atoms with van der Waals surface area (Å²) < 4.78 is 22.4. The average Bonchev–Trinajstić information content (AvgIpc) is 2.83. The van der Waals surface area contributed by atoms with Crippen LogP contribution in [0.25, 0.3) is 0 Å². The predicted octanol–water partition coefficient (Wildman–Crippen LogP) is 4.25. The summed E-state index contributed by atoms with van der Waals surface area (Å²) in [6.45, 7) is 0.926. The second kappa shape index (κ2) is 7.75. The highest BCUT2D eigenvalue weighted by atomic mass is 16.6. The lowest BCUT2D eigenvalue weighted by molar-refractivity contribution is 0.0974. The monoisotopic (exact) mass is 418 g/mol. The van der Waals surface area contributed by atoms with Gasteiger partial charge < -0.3 is 24.3 Å². The van der Waals surface area contributed by atoms with Crippen LogP contribution in [0, 0.1) is 0 Å². The molecule has 3 aromatic rings. The molecule has 0 fully saturated rings. The normalized spacial score (nSPS) is 16.9. The first kappa shape index (κ1) is 19.1. The molecule has 3 aromatic carbocycles. The summed E-state index contributed by atoms with van der Waals surface area (Å²) in [5.74, 6) is 2.37. The van der Waals surface area contributed by atoms with Crippen LogP contribution < -0.4 is 29.2 Å². The van der Waals surface area contributed by atoms with Crippen LogP contribution in [0.3, 0.4) is 0 Å². The van der Waals surface area contributed by atoms with Crippen molar-refractivity contribution in [3.8, 4) is 23.0 Å². The lowest BCUT2D eigenvalue weighted by Gasteiger charge is -2.38. The Morgan fingerprint density at radius 3 is 2.52 bits per heavy atom. The third kappa shape index (κ3) is 3.28. The minimum Gasteiger partial charge on any atom is -0.497 e. The van der Waals surface area contributed by atoms with Crippen molar-refractivity contribution in [1.29, 1.82) is 0 Å². The van der Waals surface area contributed by atoms with Crippen molar-refractivity contribution in [2.75, 3.05) is 37.7 Å². The number of anilines is 2. The molecule has 1 amide bonds. The number of para-hydroxylation sites is 1. The zero-order valence-corrected chi connectivity index (χ0v) is 17.3. The van der Waals surface area contributed by atoms with E-state index in [1.165, 1.54) is 0 Å². The highest BCUT2D eigenvalue weighted by Gasteiger charge is 2.35. The van der Waals surface area contributed by atoms with E-state index in [4.69, 9.17) is 18.9 Å². The van der Waals surface area contributed by atoms with Crippen molar-refractivity contribution < 1.29 is 23.7 Å². The van der Waals surface area contributed by atoms with Crippen LogP contribution in [-0.4, -0.2) is 33.3 Å². The molecular weight excluding hydrogens is 396 g/mol. The van der Waals surface area contributed by atoms with E-state index in [9.17, 15) is 4.79 Å². The number of benzene rings is 3. The number of fused-ring (bicyclic) bond motifs is 2. The Hall–Kier alpha value is -3.87. The van der Waals surface area contributed by atoms with E-state index in [0.717, 1.165) is 22.7 Å². The molecule has 0 aromatic heterocycles. The predicted molar refractivity (Wildman–Crippen MR) is 117 cm³/mol. The maximum Gasteiger partial charge on any atom is 0.262 e. The zero-order valence-electron chi connectivity index (χ0n) is 17.3. The Morgan fingerprint density at radius 1 is 0.968 bits per heavy atom. The van der Waals surface area contributed by atoms with Crippen LogP contribution in [0.15, 0.2) is 60.7 Å². The van der Waals surface area contributed by atoms with Crippen molar-refractivity contribution in [3.63, 3.8) is 0 Å². The lowest BCUT2D eigenvalue weighted by atomic mass is 10.0. The molecule has 7 heteroatoms. The van der Waals surface area contributed by atoms with E-state index in [1.54, 1.807) is 19.1 Å². The number of amides is 1. The molecule has 0 unspecified atom stereocenters. The summed E-state index contributed by atoms with van der Waals surface area (Å²) in [4.78, 5) is 15.3. The van der Waals surface area contributed by atoms with E-state index in [0.29, 0.717) is 36.0 Å². The molecule has 1 atom stereocenters. The number of ether oxygens (including phenoxy) is 4. The quantitative estimate of drug-likeness (QED) is 0.683. The van der Waals surface area contributed by atoms with E-state index in [2.05, 4.69) is 5.32 Å². The fraction of sp³-hybridized carbons (Fsp3) is 0.208. The van der Waals surface area contributed by atoms with Gasteiger partial charge in [-0.2, -0.15) is 0 Å². The fourth-order valence-electron chi connectivity index (χ4n) is 3.95. The Kier molecular flexibility index (Phi) is 4.78. The topological polar surface area (TPSA) is 69.3 Å². The number of carbonyl (C=O) groups excluding carboxylic acids is 1. The van der Waals surface area contributed by atoms with Crippen molar-refractivity contribution >= 4 is 17.3 Å². The molecule has 0 saturated heterocycles. The molecule has 158 valence electrons. The molecule has 0 radical (unpaired) electrons. The Morgan fingerprint density at radius 2 is 1.74 bits per heavy atom. The molecule has 0 spiro atoms. The summed E-state index contributed by atoms with van der Waals surface area (Å²) in [5, 5.41) is 3.50. The van der Waals surface area contributed by atoms with Crippen molar-refractivity contribution in [1.82, 2.24) is 0 Å². The number of hydrogen-bond acceptors (Lipinski definition) is 6. The van der Waals surface area contributed by atoms with Gasteiger partial charge in [-0.1, -0.05) is 12.1 Å². The first-order valence-corrected chi connectivity index (χ1v) is 10.0. The summed E-state index contributed by atoms with van der Waals surface area (Å²) in [5.41, 5.74) is 2.95. The smallest absolute Gasteiger partial charge is 0.262 e. The Labute approximate surface area is 180 Å². The second-order valence-corrected chi connectivity index (χ2v) is 7.21. The average molecular weight is 418 g/mol. The SMILES string of the molecule is COc1ccc(N2C(=O)c3ccccc3N[C@H]2c2cc(OC)c3c(c2)OCCO3)cc1. The van der Waals surface area contributed by atoms with E-state index < -0.39 is 6.17 Å². The van der Waals surface area contributed by atoms with Crippen molar-refractivity contribution in [2.24, 2.45) is 0 Å². The van der Waals surface area contributed by atoms with E-state index in [1.807, 2.05) is 60.7 Å². The molecule has 7 nitrogen and oxygen atoms in total. The molecule has 0 aliphatic carbocycles. The highest BCUT2D eigenvalue weighted by molar-refractivity contribution is 6.12. The molecule has 0 saturated carbocycles. The van der Waals surface area contributed by atoms with Crippen LogP contribution in [-0.2, 0) is 0 Å². The van der Waals surface area contributed by atoms with Crippen LogP contribution in [0.2, 0.25) is 0 Å². The maximum absolute atomic E-state index is 13.6. The van der Waals surface area contributed by atoms with Gasteiger partial charge in [-0.25, -0.2) is 0 Å². The molecule has 5 rings (SSSR count). The van der Waals surface area contributed by atoms with Crippen LogP contribution in [0.5, 0.6) is 23.0 Å². The van der Waals surface area contributed by atoms with Gasteiger partial charge in [-0.3, -0.25) is 9.69 Å². The maximum atomic E-state index is 13.6. The summed E-state index contributed by atoms with van der Waals surface area (Å²) in [6, 6.07) is 18.7. The van der Waals surface area contributed by atoms with Crippen LogP contribution in [0.4, 0.5) is 11.4 Å². The van der Waals surface area contributed by atoms with Gasteiger partial charge in [0.2, 0.25) is 5.75 Å². The lowest BCUT2D eigenvalue weighted by Crippen LogP contribution is -2.43. The highest BCUT2D eigenvalue weighted by Crippen LogP contribution is 2.44. The molecular formula is C24H22N2O5. The number of carbonyl (C=O) groups is 1. The molecule has 2 heterocycles. The number of hydrogen-bond donors (Lipinski definition) is 1. The third-order valence-corrected chi connectivity index (χ3v) is 5.44. The molecule has 1 N–H and O–H groups in total. The van der Waals surface area contributed by atoms with Crippen molar-refractivity contribution in [2.45, 2.75) is 6.17 Å². The van der Waals surface area contributed by atoms with Gasteiger partial charge in [0.25, 0.3) is 5.91 Å². The van der Waals surface area contributed by atoms with Gasteiger partial charge in [0.15, 0.2) is 11.5 Å². The Bertz CT molecular complexity index is 1110. The third-order valence-electron chi connectivity index (χ3n) is 5.44. The number of methoxy groups -OCH3 is 2. The van der Waals surface area contributed by atoms with Gasteiger partial charge in [-0.05, 0) is 48.5 Å². The van der Waals surface area contributed by atoms with Gasteiger partial charge in [-0.15, -0.1) is 0 Å². The zero-order chi connectivity index (χ0) is 21.4. The molecule has 0 bridgehead atoms. The van der Waals surface area contributed by atoms with Gasteiger partial charge in [0.1, 0.15) is 25.1 Å². The largest absolute Gasteiger partial charge is 0.497 e. The summed E-state index contributed by atoms with van der Waals surface area (Å²) in [6.07, 6.45) is -0.472. The second-order valence-electron chi connectivity index (χ2n) is 7.21. The number of nitrogens with zero attached hydrogens (tertiary/aromatic N) is 1. The molecule has 2 aliphatic rings. The fourth-order valence-corrected chi connectivity index (χ4v) is 3.95. The summed E-state index contributed by atoms with van der Waals surface area (Å²) >= 11 is 0. The minimum absolute atomic E-state index is 0.0987. The Balaban J connectivity index is 1.65. The number of nitrogens with one attached hydrogen (secondary N) is 1. The van der Waals surface area contributed by atoms with E-state index in [-0.39, 0.29) is 5.91 Å². The molecule has 2 aliphatic heterocycles. The number of rotatable bonds is 4.